The van der Waals surface area contributed by atoms with Crippen LogP contribution in [-0.4, -0.2) is 93.5 Å². The summed E-state index contributed by atoms with van der Waals surface area (Å²) in [5.41, 5.74) is 0.340. The predicted octanol–water partition coefficient (Wildman–Crippen LogP) is 12.6. The number of halogens is 17. The molecule has 0 aliphatic rings. The molecule has 0 fully saturated rings. The number of methoxy groups -OCH3 is 1. The van der Waals surface area contributed by atoms with Crippen LogP contribution in [0.25, 0.3) is 0 Å². The summed E-state index contributed by atoms with van der Waals surface area (Å²) in [7, 11) is -2.60. The molecule has 3 N–H and O–H groups in total. The van der Waals surface area contributed by atoms with E-state index in [2.05, 4.69) is 5.32 Å². The molecule has 0 unspecified atom stereocenters. The molecular weight excluding hydrogens is 959 g/mol. The van der Waals surface area contributed by atoms with Crippen LogP contribution >= 0.6 is 0 Å². The minimum absolute atomic E-state index is 0.0403. The fourth-order valence-electron chi connectivity index (χ4n) is 6.56. The third kappa shape index (κ3) is 11.4. The van der Waals surface area contributed by atoms with Gasteiger partial charge in [0.1, 0.15) is 24.2 Å². The molecule has 2 amide bonds. The zero-order valence-electron chi connectivity index (χ0n) is 35.7. The topological polar surface area (TPSA) is 115 Å². The van der Waals surface area contributed by atoms with Gasteiger partial charge in [0, 0.05) is 23.6 Å². The Hall–Kier alpha value is -4.53. The highest BCUT2D eigenvalue weighted by atomic mass is 28.4. The zero-order chi connectivity index (χ0) is 51.3. The van der Waals surface area contributed by atoms with Gasteiger partial charge in [0.25, 0.3) is 5.91 Å². The van der Waals surface area contributed by atoms with Gasteiger partial charge >= 0.3 is 53.7 Å². The lowest BCUT2D eigenvalue weighted by atomic mass is 9.88. The van der Waals surface area contributed by atoms with E-state index in [-0.39, 0.29) is 11.3 Å². The Balaban J connectivity index is 2.32. The van der Waals surface area contributed by atoms with Crippen molar-refractivity contribution in [2.75, 3.05) is 25.6 Å². The molecule has 0 bridgehead atoms. The number of anilines is 1. The highest BCUT2D eigenvalue weighted by Gasteiger charge is 2.95. The Morgan fingerprint density at radius 3 is 1.56 bits per heavy atom. The standard InChI is InChI=1S/C39H45F17N2O7Si/c1-21(2)66(22(3)4,19-16-32(40,41)33(42,43)34(44,45)35(46,47)36(48,49)37(50,51)38(52,53)39(54,55)56)64-18-17-63-28-12-8-25(9-13-28)29(23(5)20-24(6)30(59)58-61)65-31(60)57-26-10-14-27(62-7)15-11-26/h8-15,20-23,29,61H,16-19H2,1-7H3,(H,57,60)(H,58,59)/b24-20+/t23-,29+/m1/s1. The smallest absolute Gasteiger partial charge is 0.460 e. The highest BCUT2D eigenvalue weighted by molar-refractivity contribution is 6.76. The Bertz CT molecular complexity index is 1960. The van der Waals surface area contributed by atoms with Crippen molar-refractivity contribution >= 4 is 26.0 Å². The van der Waals surface area contributed by atoms with Gasteiger partial charge in [0.15, 0.2) is 8.32 Å². The molecule has 0 aliphatic carbocycles. The third-order valence-corrected chi connectivity index (χ3v) is 16.2. The summed E-state index contributed by atoms with van der Waals surface area (Å²) in [6.07, 6.45) is -11.1. The van der Waals surface area contributed by atoms with Crippen molar-refractivity contribution in [2.45, 2.75) is 119 Å². The van der Waals surface area contributed by atoms with E-state index in [0.717, 1.165) is 0 Å². The summed E-state index contributed by atoms with van der Waals surface area (Å²) >= 11 is 0. The predicted molar refractivity (Wildman–Crippen MR) is 203 cm³/mol. The van der Waals surface area contributed by atoms with Crippen molar-refractivity contribution in [3.63, 3.8) is 0 Å². The van der Waals surface area contributed by atoms with Gasteiger partial charge in [-0.15, -0.1) is 0 Å². The Morgan fingerprint density at radius 1 is 0.667 bits per heavy atom. The van der Waals surface area contributed by atoms with Crippen LogP contribution in [0.2, 0.25) is 17.1 Å². The summed E-state index contributed by atoms with van der Waals surface area (Å²) in [5, 5.41) is 11.5. The quantitative estimate of drug-likeness (QED) is 0.0254. The van der Waals surface area contributed by atoms with E-state index in [9.17, 15) is 75.4 Å². The van der Waals surface area contributed by atoms with Gasteiger partial charge in [0.05, 0.1) is 13.7 Å². The fourth-order valence-corrected chi connectivity index (χ4v) is 11.0. The third-order valence-electron chi connectivity index (χ3n) is 10.5. The second-order valence-corrected chi connectivity index (χ2v) is 20.5. The van der Waals surface area contributed by atoms with Crippen LogP contribution < -0.4 is 20.3 Å². The van der Waals surface area contributed by atoms with Crippen LogP contribution in [0.3, 0.4) is 0 Å². The SMILES string of the molecule is COc1ccc(NC(=O)O[C@H](c2ccc(OCCO[Si](CCC(F)(F)C(F)(F)C(F)(F)C(F)(F)C(F)(F)C(F)(F)C(F)(F)C(F)(F)F)(C(C)C)C(C)C)cc2)[C@H](C)/C=C(\C)C(=O)NO)cc1. The largest absolute Gasteiger partial charge is 0.497 e. The van der Waals surface area contributed by atoms with Crippen molar-refractivity contribution in [3.8, 4) is 11.5 Å². The van der Waals surface area contributed by atoms with Crippen molar-refractivity contribution in [3.05, 3.63) is 65.7 Å². The minimum Gasteiger partial charge on any atom is -0.497 e. The summed E-state index contributed by atoms with van der Waals surface area (Å²) in [4.78, 5) is 24.9. The van der Waals surface area contributed by atoms with Gasteiger partial charge in [-0.25, -0.2) is 10.3 Å². The highest BCUT2D eigenvalue weighted by Crippen LogP contribution is 2.64. The van der Waals surface area contributed by atoms with Crippen LogP contribution in [0.5, 0.6) is 11.5 Å². The summed E-state index contributed by atoms with van der Waals surface area (Å²) < 4.78 is 258. The van der Waals surface area contributed by atoms with E-state index in [1.165, 1.54) is 89.7 Å². The average Bonchev–Trinajstić information content (AvgIpc) is 3.21. The molecule has 0 radical (unpaired) electrons. The van der Waals surface area contributed by atoms with Crippen LogP contribution in [0, 0.1) is 5.92 Å². The molecular formula is C39H45F17N2O7Si. The molecule has 0 heterocycles. The maximum Gasteiger partial charge on any atom is 0.460 e. The van der Waals surface area contributed by atoms with Gasteiger partial charge in [-0.1, -0.05) is 52.8 Å². The molecule has 2 atom stereocenters. The molecule has 0 saturated heterocycles. The van der Waals surface area contributed by atoms with Crippen LogP contribution in [0.15, 0.2) is 60.2 Å². The van der Waals surface area contributed by atoms with Crippen molar-refractivity contribution < 1.29 is 108 Å². The first-order chi connectivity index (χ1) is 29.9. The van der Waals surface area contributed by atoms with Crippen molar-refractivity contribution in [2.24, 2.45) is 5.92 Å². The molecule has 2 rings (SSSR count). The summed E-state index contributed by atoms with van der Waals surface area (Å²) in [6, 6.07) is 10.4. The van der Waals surface area contributed by atoms with E-state index in [1.807, 2.05) is 0 Å². The number of ether oxygens (including phenoxy) is 3. The minimum atomic E-state index is -8.71. The molecule has 0 saturated carbocycles. The maximum atomic E-state index is 15.0. The van der Waals surface area contributed by atoms with Gasteiger partial charge < -0.3 is 18.6 Å². The normalized spacial score (nSPS) is 15.1. The number of carbonyl (C=O) groups is 2. The number of amides is 2. The Kier molecular flexibility index (Phi) is 18.1. The number of benzene rings is 2. The number of hydrogen-bond acceptors (Lipinski definition) is 7. The number of rotatable bonds is 23. The van der Waals surface area contributed by atoms with E-state index < -0.39 is 117 Å². The van der Waals surface area contributed by atoms with Crippen LogP contribution in [0.1, 0.15) is 59.6 Å². The van der Waals surface area contributed by atoms with Gasteiger partial charge in [0.2, 0.25) is 0 Å². The van der Waals surface area contributed by atoms with Crippen molar-refractivity contribution in [1.82, 2.24) is 5.48 Å². The second kappa shape index (κ2) is 20.8. The number of nitrogens with one attached hydrogen (secondary N) is 2. The number of alkyl halides is 17. The lowest BCUT2D eigenvalue weighted by Gasteiger charge is -2.44. The lowest BCUT2D eigenvalue weighted by molar-refractivity contribution is -0.461. The van der Waals surface area contributed by atoms with Crippen LogP contribution in [-0.2, 0) is 14.0 Å². The van der Waals surface area contributed by atoms with Crippen molar-refractivity contribution in [1.29, 1.82) is 0 Å². The fraction of sp³-hybridized carbons (Fsp3) is 0.590. The zero-order valence-corrected chi connectivity index (χ0v) is 36.7. The van der Waals surface area contributed by atoms with Gasteiger partial charge in [-0.2, -0.15) is 74.6 Å². The lowest BCUT2D eigenvalue weighted by Crippen LogP contribution is -2.74. The second-order valence-electron chi connectivity index (χ2n) is 15.5. The van der Waals surface area contributed by atoms with E-state index >= 15 is 8.78 Å². The van der Waals surface area contributed by atoms with E-state index in [1.54, 1.807) is 19.1 Å². The molecule has 0 aliphatic heterocycles. The molecule has 0 spiro atoms. The molecule has 2 aromatic rings. The van der Waals surface area contributed by atoms with Crippen LogP contribution in [0.4, 0.5) is 85.1 Å². The molecule has 9 nitrogen and oxygen atoms in total. The number of hydrogen-bond donors (Lipinski definition) is 3. The molecule has 2 aromatic carbocycles. The van der Waals surface area contributed by atoms with Gasteiger partial charge in [-0.05, 0) is 66.0 Å². The first-order valence-corrected chi connectivity index (χ1v) is 21.5. The molecule has 0 aromatic heterocycles. The average molecular weight is 1000 g/mol. The summed E-state index contributed by atoms with van der Waals surface area (Å²) in [5.74, 6) is -57.9. The Morgan fingerprint density at radius 2 is 1.12 bits per heavy atom. The molecule has 27 heteroatoms. The van der Waals surface area contributed by atoms with E-state index in [0.29, 0.717) is 17.0 Å². The number of hydroxylamine groups is 1. The monoisotopic (exact) mass is 1000 g/mol. The summed E-state index contributed by atoms with van der Waals surface area (Å²) in [6.45, 7) is 7.15. The number of carbonyl (C=O) groups excluding carboxylic acids is 2. The maximum absolute atomic E-state index is 15.0. The first kappa shape index (κ1) is 57.6. The Labute approximate surface area is 367 Å². The van der Waals surface area contributed by atoms with E-state index in [4.69, 9.17) is 23.8 Å². The molecule has 376 valence electrons. The molecule has 66 heavy (non-hydrogen) atoms. The first-order valence-electron chi connectivity index (χ1n) is 19.2. The van der Waals surface area contributed by atoms with Gasteiger partial charge in [-0.3, -0.25) is 15.3 Å².